The average Bonchev–Trinajstić information content (AvgIpc) is 2.65. The summed E-state index contributed by atoms with van der Waals surface area (Å²) < 4.78 is 38.3. The van der Waals surface area contributed by atoms with Gasteiger partial charge in [0.2, 0.25) is 10.0 Å². The zero-order chi connectivity index (χ0) is 20.0. The minimum atomic E-state index is -3.71. The van der Waals surface area contributed by atoms with Gasteiger partial charge in [-0.3, -0.25) is 0 Å². The van der Waals surface area contributed by atoms with Gasteiger partial charge in [0.1, 0.15) is 0 Å². The lowest BCUT2D eigenvalue weighted by Gasteiger charge is -2.28. The first-order chi connectivity index (χ1) is 12.8. The molecule has 0 fully saturated rings. The average molecular weight is 412 g/mol. The van der Waals surface area contributed by atoms with Gasteiger partial charge in [0, 0.05) is 25.8 Å². The van der Waals surface area contributed by atoms with Crippen molar-refractivity contribution in [3.8, 4) is 0 Å². The Morgan fingerprint density at radius 1 is 1.04 bits per heavy atom. The molecule has 0 saturated carbocycles. The molecule has 0 saturated heterocycles. The van der Waals surface area contributed by atoms with Gasteiger partial charge < -0.3 is 9.47 Å². The van der Waals surface area contributed by atoms with Crippen molar-refractivity contribution < 1.29 is 17.9 Å². The Kier molecular flexibility index (Phi) is 7.82. The molecular formula is C20H26ClNO4S. The van der Waals surface area contributed by atoms with Crippen LogP contribution in [-0.2, 0) is 19.5 Å². The van der Waals surface area contributed by atoms with Gasteiger partial charge in [0.25, 0.3) is 0 Å². The van der Waals surface area contributed by atoms with E-state index in [-0.39, 0.29) is 23.9 Å². The van der Waals surface area contributed by atoms with Crippen LogP contribution in [0, 0.1) is 6.92 Å². The summed E-state index contributed by atoms with van der Waals surface area (Å²) in [6.07, 6.45) is -0.656. The van der Waals surface area contributed by atoms with Gasteiger partial charge in [-0.15, -0.1) is 0 Å². The summed E-state index contributed by atoms with van der Waals surface area (Å²) in [4.78, 5) is 0.248. The Bertz CT molecular complexity index is 835. The number of hydrogen-bond acceptors (Lipinski definition) is 4. The highest BCUT2D eigenvalue weighted by Gasteiger charge is 2.29. The number of nitrogens with zero attached hydrogens (tertiary/aromatic N) is 1. The molecule has 2 aromatic carbocycles. The van der Waals surface area contributed by atoms with Crippen molar-refractivity contribution in [1.82, 2.24) is 4.31 Å². The summed E-state index contributed by atoms with van der Waals surface area (Å²) in [6, 6.07) is 14.3. The Hall–Kier alpha value is -1.44. The first-order valence-corrected chi connectivity index (χ1v) is 10.5. The minimum Gasteiger partial charge on any atom is -0.354 e. The van der Waals surface area contributed by atoms with Crippen LogP contribution in [0.5, 0.6) is 0 Å². The van der Waals surface area contributed by atoms with E-state index in [0.29, 0.717) is 5.02 Å². The SMILES string of the molecule is COC(CN(C[C@@H](C)c1cccc(Cl)c1)S(=O)(=O)c1ccc(C)cc1)OC. The molecule has 5 nitrogen and oxygen atoms in total. The maximum absolute atomic E-state index is 13.2. The number of ether oxygens (including phenoxy) is 2. The Morgan fingerprint density at radius 3 is 2.22 bits per heavy atom. The van der Waals surface area contributed by atoms with Crippen molar-refractivity contribution >= 4 is 21.6 Å². The summed E-state index contributed by atoms with van der Waals surface area (Å²) in [5.74, 6) is -0.0571. The molecule has 27 heavy (non-hydrogen) atoms. The van der Waals surface area contributed by atoms with Crippen molar-refractivity contribution in [2.75, 3.05) is 27.3 Å². The summed E-state index contributed by atoms with van der Waals surface area (Å²) >= 11 is 6.08. The smallest absolute Gasteiger partial charge is 0.243 e. The quantitative estimate of drug-likeness (QED) is 0.584. The number of rotatable bonds is 9. The van der Waals surface area contributed by atoms with E-state index in [0.717, 1.165) is 11.1 Å². The van der Waals surface area contributed by atoms with Gasteiger partial charge in [-0.2, -0.15) is 4.31 Å². The molecule has 148 valence electrons. The molecule has 2 aromatic rings. The number of methoxy groups -OCH3 is 2. The van der Waals surface area contributed by atoms with Crippen LogP contribution in [0.25, 0.3) is 0 Å². The molecule has 0 aromatic heterocycles. The van der Waals surface area contributed by atoms with Crippen LogP contribution in [0.2, 0.25) is 5.02 Å². The molecule has 0 amide bonds. The highest BCUT2D eigenvalue weighted by Crippen LogP contribution is 2.24. The number of aryl methyl sites for hydroxylation is 1. The molecule has 0 aliphatic carbocycles. The number of benzene rings is 2. The lowest BCUT2D eigenvalue weighted by atomic mass is 10.0. The second-order valence-corrected chi connectivity index (χ2v) is 8.87. The maximum Gasteiger partial charge on any atom is 0.243 e. The lowest BCUT2D eigenvalue weighted by molar-refractivity contribution is -0.108. The standard InChI is InChI=1S/C20H26ClNO4S/c1-15-8-10-19(11-9-15)27(23,24)22(14-20(25-3)26-4)13-16(2)17-6-5-7-18(21)12-17/h5-12,16,20H,13-14H2,1-4H3/t16-/m1/s1. The predicted molar refractivity (Wildman–Crippen MR) is 108 cm³/mol. The van der Waals surface area contributed by atoms with Gasteiger partial charge in [0.05, 0.1) is 11.4 Å². The predicted octanol–water partition coefficient (Wildman–Crippen LogP) is 4.06. The molecule has 0 aliphatic heterocycles. The molecule has 0 spiro atoms. The molecule has 0 N–H and O–H groups in total. The van der Waals surface area contributed by atoms with Gasteiger partial charge in [-0.1, -0.05) is 48.4 Å². The molecule has 2 rings (SSSR count). The van der Waals surface area contributed by atoms with E-state index in [4.69, 9.17) is 21.1 Å². The molecule has 1 atom stereocenters. The molecule has 0 bridgehead atoms. The van der Waals surface area contributed by atoms with E-state index in [1.54, 1.807) is 30.3 Å². The molecule has 0 radical (unpaired) electrons. The lowest BCUT2D eigenvalue weighted by Crippen LogP contribution is -2.41. The summed E-state index contributed by atoms with van der Waals surface area (Å²) in [7, 11) is -0.723. The van der Waals surface area contributed by atoms with Crippen LogP contribution in [-0.4, -0.2) is 46.3 Å². The van der Waals surface area contributed by atoms with Gasteiger partial charge in [-0.25, -0.2) is 8.42 Å². The summed E-state index contributed by atoms with van der Waals surface area (Å²) in [5.41, 5.74) is 1.97. The van der Waals surface area contributed by atoms with Crippen molar-refractivity contribution in [1.29, 1.82) is 0 Å². The zero-order valence-corrected chi connectivity index (χ0v) is 17.6. The number of sulfonamides is 1. The Balaban J connectivity index is 2.33. The third-order valence-electron chi connectivity index (χ3n) is 4.43. The third kappa shape index (κ3) is 5.77. The van der Waals surface area contributed by atoms with Crippen LogP contribution >= 0.6 is 11.6 Å². The summed E-state index contributed by atoms with van der Waals surface area (Å²) in [6.45, 7) is 4.26. The van der Waals surface area contributed by atoms with E-state index >= 15 is 0 Å². The van der Waals surface area contributed by atoms with E-state index < -0.39 is 16.3 Å². The molecular weight excluding hydrogens is 386 g/mol. The van der Waals surface area contributed by atoms with Crippen molar-refractivity contribution in [3.05, 3.63) is 64.7 Å². The van der Waals surface area contributed by atoms with Gasteiger partial charge >= 0.3 is 0 Å². The van der Waals surface area contributed by atoms with Gasteiger partial charge in [-0.05, 0) is 42.7 Å². The molecule has 0 unspecified atom stereocenters. The monoisotopic (exact) mass is 411 g/mol. The van der Waals surface area contributed by atoms with Crippen molar-refractivity contribution in [3.63, 3.8) is 0 Å². The third-order valence-corrected chi connectivity index (χ3v) is 6.51. The highest BCUT2D eigenvalue weighted by atomic mass is 35.5. The van der Waals surface area contributed by atoms with Crippen LogP contribution in [0.15, 0.2) is 53.4 Å². The fraction of sp³-hybridized carbons (Fsp3) is 0.400. The van der Waals surface area contributed by atoms with E-state index in [1.807, 2.05) is 32.0 Å². The van der Waals surface area contributed by atoms with E-state index in [9.17, 15) is 8.42 Å². The number of hydrogen-bond donors (Lipinski definition) is 0. The maximum atomic E-state index is 13.2. The van der Waals surface area contributed by atoms with Crippen LogP contribution in [0.1, 0.15) is 24.0 Å². The normalized spacial score (nSPS) is 13.3. The van der Waals surface area contributed by atoms with Crippen molar-refractivity contribution in [2.24, 2.45) is 0 Å². The van der Waals surface area contributed by atoms with E-state index in [1.165, 1.54) is 18.5 Å². The molecule has 7 heteroatoms. The fourth-order valence-corrected chi connectivity index (χ4v) is 4.48. The largest absolute Gasteiger partial charge is 0.354 e. The number of halogens is 1. The Morgan fingerprint density at radius 2 is 1.67 bits per heavy atom. The van der Waals surface area contributed by atoms with Gasteiger partial charge in [0.15, 0.2) is 6.29 Å². The molecule has 0 heterocycles. The van der Waals surface area contributed by atoms with Crippen LogP contribution in [0.4, 0.5) is 0 Å². The minimum absolute atomic E-state index is 0.0571. The van der Waals surface area contributed by atoms with E-state index in [2.05, 4.69) is 0 Å². The molecule has 0 aliphatic rings. The topological polar surface area (TPSA) is 55.8 Å². The fourth-order valence-electron chi connectivity index (χ4n) is 2.77. The Labute approximate surface area is 166 Å². The highest BCUT2D eigenvalue weighted by molar-refractivity contribution is 7.89. The van der Waals surface area contributed by atoms with Crippen LogP contribution in [0.3, 0.4) is 0 Å². The summed E-state index contributed by atoms with van der Waals surface area (Å²) in [5, 5.41) is 0.624. The van der Waals surface area contributed by atoms with Crippen molar-refractivity contribution in [2.45, 2.75) is 31.0 Å². The first kappa shape index (κ1) is 21.9. The zero-order valence-electron chi connectivity index (χ0n) is 16.1. The second kappa shape index (κ2) is 9.66. The first-order valence-electron chi connectivity index (χ1n) is 8.65. The van der Waals surface area contributed by atoms with Crippen LogP contribution < -0.4 is 0 Å². The second-order valence-electron chi connectivity index (χ2n) is 6.49.